The van der Waals surface area contributed by atoms with Crippen LogP contribution in [-0.2, 0) is 12.8 Å². The zero-order valence-electron chi connectivity index (χ0n) is 9.89. The van der Waals surface area contributed by atoms with E-state index in [9.17, 15) is 4.79 Å². The summed E-state index contributed by atoms with van der Waals surface area (Å²) in [6, 6.07) is 7.59. The lowest BCUT2D eigenvalue weighted by molar-refractivity contribution is 0.102. The molecule has 1 aromatic carbocycles. The summed E-state index contributed by atoms with van der Waals surface area (Å²) in [5.74, 6) is 0.180. The fourth-order valence-electron chi connectivity index (χ4n) is 2.25. The van der Waals surface area contributed by atoms with E-state index in [0.717, 1.165) is 12.8 Å². The van der Waals surface area contributed by atoms with Crippen LogP contribution in [0.2, 0.25) is 0 Å². The Hall–Kier alpha value is -2.23. The lowest BCUT2D eigenvalue weighted by Gasteiger charge is -2.05. The van der Waals surface area contributed by atoms with E-state index in [1.54, 1.807) is 18.5 Å². The SMILES string of the molecule is O=C(Nc1ncccn1)c1ccc2c(c1)CCC2. The molecular weight excluding hydrogens is 226 g/mol. The number of anilines is 1. The van der Waals surface area contributed by atoms with Gasteiger partial charge < -0.3 is 0 Å². The van der Waals surface area contributed by atoms with E-state index in [2.05, 4.69) is 15.3 Å². The normalized spacial score (nSPS) is 13.1. The van der Waals surface area contributed by atoms with Crippen molar-refractivity contribution in [1.82, 2.24) is 9.97 Å². The van der Waals surface area contributed by atoms with E-state index in [1.807, 2.05) is 18.2 Å². The molecule has 90 valence electrons. The Morgan fingerprint density at radius 2 is 1.89 bits per heavy atom. The third-order valence-corrected chi connectivity index (χ3v) is 3.15. The van der Waals surface area contributed by atoms with Gasteiger partial charge in [-0.15, -0.1) is 0 Å². The van der Waals surface area contributed by atoms with E-state index in [4.69, 9.17) is 0 Å². The Morgan fingerprint density at radius 3 is 2.72 bits per heavy atom. The van der Waals surface area contributed by atoms with Crippen molar-refractivity contribution in [1.29, 1.82) is 0 Å². The summed E-state index contributed by atoms with van der Waals surface area (Å²) in [6.45, 7) is 0. The molecule has 4 nitrogen and oxygen atoms in total. The summed E-state index contributed by atoms with van der Waals surface area (Å²) in [5.41, 5.74) is 3.32. The lowest BCUT2D eigenvalue weighted by Crippen LogP contribution is -2.14. The molecular formula is C14H13N3O. The van der Waals surface area contributed by atoms with Gasteiger partial charge >= 0.3 is 0 Å². The Kier molecular flexibility index (Phi) is 2.76. The van der Waals surface area contributed by atoms with Crippen molar-refractivity contribution in [2.24, 2.45) is 0 Å². The molecule has 0 saturated carbocycles. The lowest BCUT2D eigenvalue weighted by atomic mass is 10.1. The molecule has 1 aliphatic rings. The number of hydrogen-bond donors (Lipinski definition) is 1. The first-order valence-electron chi connectivity index (χ1n) is 6.03. The number of aromatic nitrogens is 2. The fourth-order valence-corrected chi connectivity index (χ4v) is 2.25. The number of hydrogen-bond acceptors (Lipinski definition) is 3. The van der Waals surface area contributed by atoms with Gasteiger partial charge in [-0.2, -0.15) is 0 Å². The minimum atomic E-state index is -0.157. The van der Waals surface area contributed by atoms with Gasteiger partial charge in [-0.05, 0) is 48.6 Å². The van der Waals surface area contributed by atoms with Crippen molar-refractivity contribution in [3.63, 3.8) is 0 Å². The van der Waals surface area contributed by atoms with Crippen molar-refractivity contribution in [3.8, 4) is 0 Å². The van der Waals surface area contributed by atoms with Crippen molar-refractivity contribution >= 4 is 11.9 Å². The molecule has 1 aromatic heterocycles. The predicted molar refractivity (Wildman–Crippen MR) is 68.5 cm³/mol. The molecule has 0 fully saturated rings. The van der Waals surface area contributed by atoms with Gasteiger partial charge in [0.05, 0.1) is 0 Å². The van der Waals surface area contributed by atoms with Crippen LogP contribution in [0.15, 0.2) is 36.7 Å². The average molecular weight is 239 g/mol. The van der Waals surface area contributed by atoms with Gasteiger partial charge in [0.15, 0.2) is 0 Å². The number of nitrogens with zero attached hydrogens (tertiary/aromatic N) is 2. The van der Waals surface area contributed by atoms with Crippen molar-refractivity contribution in [3.05, 3.63) is 53.3 Å². The highest BCUT2D eigenvalue weighted by molar-refractivity contribution is 6.03. The van der Waals surface area contributed by atoms with Crippen LogP contribution in [0, 0.1) is 0 Å². The standard InChI is InChI=1S/C14H13N3O/c18-13(17-14-15-7-2-8-16-14)12-6-5-10-3-1-4-11(10)9-12/h2,5-9H,1,3-4H2,(H,15,16,17,18). The Morgan fingerprint density at radius 1 is 1.11 bits per heavy atom. The Balaban J connectivity index is 1.81. The quantitative estimate of drug-likeness (QED) is 0.874. The van der Waals surface area contributed by atoms with E-state index < -0.39 is 0 Å². The number of aryl methyl sites for hydroxylation is 2. The molecule has 1 N–H and O–H groups in total. The summed E-state index contributed by atoms with van der Waals surface area (Å²) in [5, 5.41) is 2.69. The molecule has 2 aromatic rings. The van der Waals surface area contributed by atoms with Crippen molar-refractivity contribution < 1.29 is 4.79 Å². The second-order valence-corrected chi connectivity index (χ2v) is 4.36. The number of carbonyl (C=O) groups excluding carboxylic acids is 1. The smallest absolute Gasteiger partial charge is 0.258 e. The van der Waals surface area contributed by atoms with Crippen LogP contribution in [0.3, 0.4) is 0 Å². The largest absolute Gasteiger partial charge is 0.290 e. The van der Waals surface area contributed by atoms with Crippen molar-refractivity contribution in [2.75, 3.05) is 5.32 Å². The third-order valence-electron chi connectivity index (χ3n) is 3.15. The van der Waals surface area contributed by atoms with Crippen molar-refractivity contribution in [2.45, 2.75) is 19.3 Å². The highest BCUT2D eigenvalue weighted by Gasteiger charge is 2.14. The second-order valence-electron chi connectivity index (χ2n) is 4.36. The molecule has 3 rings (SSSR count). The maximum atomic E-state index is 12.0. The number of fused-ring (bicyclic) bond motifs is 1. The molecule has 1 heterocycles. The van der Waals surface area contributed by atoms with Gasteiger partial charge in [0.2, 0.25) is 5.95 Å². The maximum absolute atomic E-state index is 12.0. The van der Waals surface area contributed by atoms with Gasteiger partial charge in [-0.1, -0.05) is 6.07 Å². The van der Waals surface area contributed by atoms with Crippen LogP contribution >= 0.6 is 0 Å². The van der Waals surface area contributed by atoms with Gasteiger partial charge in [-0.25, -0.2) is 9.97 Å². The number of nitrogens with one attached hydrogen (secondary N) is 1. The number of amides is 1. The molecule has 0 bridgehead atoms. The van der Waals surface area contributed by atoms with E-state index in [-0.39, 0.29) is 5.91 Å². The summed E-state index contributed by atoms with van der Waals surface area (Å²) in [7, 11) is 0. The number of benzene rings is 1. The van der Waals surface area contributed by atoms with E-state index >= 15 is 0 Å². The molecule has 1 amide bonds. The molecule has 0 unspecified atom stereocenters. The van der Waals surface area contributed by atoms with Crippen LogP contribution < -0.4 is 5.32 Å². The molecule has 1 aliphatic carbocycles. The summed E-state index contributed by atoms with van der Waals surface area (Å²) in [4.78, 5) is 20.0. The van der Waals surface area contributed by atoms with E-state index in [1.165, 1.54) is 17.5 Å². The van der Waals surface area contributed by atoms with Crippen LogP contribution in [0.1, 0.15) is 27.9 Å². The van der Waals surface area contributed by atoms with Gasteiger partial charge in [0, 0.05) is 18.0 Å². The second kappa shape index (κ2) is 4.56. The zero-order chi connectivity index (χ0) is 12.4. The molecule has 0 radical (unpaired) electrons. The molecule has 4 heteroatoms. The Labute approximate surface area is 105 Å². The summed E-state index contributed by atoms with van der Waals surface area (Å²) >= 11 is 0. The first-order valence-corrected chi connectivity index (χ1v) is 6.03. The molecule has 0 spiro atoms. The Bertz CT molecular complexity index is 581. The van der Waals surface area contributed by atoms with Gasteiger partial charge in [-0.3, -0.25) is 10.1 Å². The zero-order valence-corrected chi connectivity index (χ0v) is 9.89. The highest BCUT2D eigenvalue weighted by atomic mass is 16.1. The third kappa shape index (κ3) is 2.09. The maximum Gasteiger partial charge on any atom is 0.258 e. The van der Waals surface area contributed by atoms with E-state index in [0.29, 0.717) is 11.5 Å². The summed E-state index contributed by atoms with van der Waals surface area (Å²) in [6.07, 6.45) is 6.58. The van der Waals surface area contributed by atoms with Gasteiger partial charge in [0.1, 0.15) is 0 Å². The minimum absolute atomic E-state index is 0.157. The fraction of sp³-hybridized carbons (Fsp3) is 0.214. The first-order chi connectivity index (χ1) is 8.83. The first kappa shape index (κ1) is 10.9. The van der Waals surface area contributed by atoms with Crippen LogP contribution in [-0.4, -0.2) is 15.9 Å². The van der Waals surface area contributed by atoms with Crippen LogP contribution in [0.25, 0.3) is 0 Å². The molecule has 0 atom stereocenters. The monoisotopic (exact) mass is 239 g/mol. The minimum Gasteiger partial charge on any atom is -0.290 e. The summed E-state index contributed by atoms with van der Waals surface area (Å²) < 4.78 is 0. The number of rotatable bonds is 2. The molecule has 0 saturated heterocycles. The van der Waals surface area contributed by atoms with Crippen LogP contribution in [0.4, 0.5) is 5.95 Å². The molecule has 0 aliphatic heterocycles. The van der Waals surface area contributed by atoms with Crippen LogP contribution in [0.5, 0.6) is 0 Å². The predicted octanol–water partition coefficient (Wildman–Crippen LogP) is 2.22. The average Bonchev–Trinajstić information content (AvgIpc) is 2.87. The number of carbonyl (C=O) groups is 1. The highest BCUT2D eigenvalue weighted by Crippen LogP contribution is 2.23. The van der Waals surface area contributed by atoms with Gasteiger partial charge in [0.25, 0.3) is 5.91 Å². The topological polar surface area (TPSA) is 54.9 Å². The molecule has 18 heavy (non-hydrogen) atoms.